The molecule has 0 fully saturated rings. The lowest BCUT2D eigenvalue weighted by molar-refractivity contribution is -0.139. The molecular weight excluding hydrogens is 382 g/mol. The number of ether oxygens (including phenoxy) is 2. The minimum absolute atomic E-state index is 0.356. The van der Waals surface area contributed by atoms with Crippen molar-refractivity contribution in [2.75, 3.05) is 18.5 Å². The van der Waals surface area contributed by atoms with Crippen molar-refractivity contribution in [1.29, 1.82) is 0 Å². The zero-order chi connectivity index (χ0) is 21.3. The Morgan fingerprint density at radius 2 is 1.90 bits per heavy atom. The number of carbonyl (C=O) groups excluding carboxylic acids is 1. The van der Waals surface area contributed by atoms with Crippen LogP contribution in [0.2, 0.25) is 0 Å². The molecule has 162 valence electrons. The van der Waals surface area contributed by atoms with E-state index >= 15 is 0 Å². The number of esters is 1. The first-order chi connectivity index (χ1) is 14.7. The van der Waals surface area contributed by atoms with E-state index < -0.39 is 6.04 Å². The first-order valence-corrected chi connectivity index (χ1v) is 10.8. The fourth-order valence-corrected chi connectivity index (χ4v) is 3.68. The van der Waals surface area contributed by atoms with E-state index in [4.69, 9.17) is 9.47 Å². The Kier molecular flexibility index (Phi) is 7.82. The standard InChI is InChI=1S/C22H31N5O3/c1-4-6-7-8-9-12-15-30-21(28)19-16(3)23-22-24-25-26-27(22)20(19)17-13-10-11-14-18(17)29-5-2/h10-11,13-14,20H,4-9,12,15H2,1-3H3,(H,23,24,26). The van der Waals surface area contributed by atoms with Gasteiger partial charge in [0.2, 0.25) is 5.95 Å². The molecule has 8 nitrogen and oxygen atoms in total. The SMILES string of the molecule is CCCCCCCCOC(=O)C1=C(C)Nc2nnnn2C1c1ccccc1OCC. The van der Waals surface area contributed by atoms with Crippen LogP contribution in [0.5, 0.6) is 5.75 Å². The fraction of sp³-hybridized carbons (Fsp3) is 0.545. The summed E-state index contributed by atoms with van der Waals surface area (Å²) in [7, 11) is 0. The van der Waals surface area contributed by atoms with E-state index in [-0.39, 0.29) is 5.97 Å². The molecule has 0 amide bonds. The van der Waals surface area contributed by atoms with Crippen LogP contribution in [0.4, 0.5) is 5.95 Å². The van der Waals surface area contributed by atoms with Gasteiger partial charge in [-0.1, -0.05) is 62.3 Å². The van der Waals surface area contributed by atoms with Crippen LogP contribution in [0.3, 0.4) is 0 Å². The molecule has 1 unspecified atom stereocenters. The molecular formula is C22H31N5O3. The summed E-state index contributed by atoms with van der Waals surface area (Å²) in [5, 5.41) is 15.0. The number of allylic oxidation sites excluding steroid dienone is 1. The van der Waals surface area contributed by atoms with Crippen molar-refractivity contribution in [2.45, 2.75) is 65.3 Å². The maximum atomic E-state index is 13.1. The van der Waals surface area contributed by atoms with Crippen LogP contribution in [0.15, 0.2) is 35.5 Å². The number of carbonyl (C=O) groups is 1. The lowest BCUT2D eigenvalue weighted by Crippen LogP contribution is -2.30. The van der Waals surface area contributed by atoms with Crippen LogP contribution < -0.4 is 10.1 Å². The number of aromatic nitrogens is 4. The monoisotopic (exact) mass is 413 g/mol. The Bertz CT molecular complexity index is 877. The number of rotatable bonds is 11. The van der Waals surface area contributed by atoms with Crippen molar-refractivity contribution < 1.29 is 14.3 Å². The number of benzene rings is 1. The lowest BCUT2D eigenvalue weighted by atomic mass is 9.95. The number of para-hydroxylation sites is 1. The third-order valence-electron chi connectivity index (χ3n) is 5.18. The third-order valence-corrected chi connectivity index (χ3v) is 5.18. The summed E-state index contributed by atoms with van der Waals surface area (Å²) in [6.07, 6.45) is 6.82. The first kappa shape index (κ1) is 21.8. The predicted molar refractivity (Wildman–Crippen MR) is 114 cm³/mol. The van der Waals surface area contributed by atoms with E-state index in [9.17, 15) is 4.79 Å². The number of anilines is 1. The van der Waals surface area contributed by atoms with Gasteiger partial charge in [-0.2, -0.15) is 4.68 Å². The highest BCUT2D eigenvalue weighted by molar-refractivity contribution is 5.92. The maximum absolute atomic E-state index is 13.1. The normalized spacial score (nSPS) is 15.5. The molecule has 0 bridgehead atoms. The molecule has 1 aromatic carbocycles. The van der Waals surface area contributed by atoms with Crippen LogP contribution in [-0.2, 0) is 9.53 Å². The largest absolute Gasteiger partial charge is 0.494 e. The zero-order valence-corrected chi connectivity index (χ0v) is 18.1. The highest BCUT2D eigenvalue weighted by Crippen LogP contribution is 2.38. The van der Waals surface area contributed by atoms with Crippen molar-refractivity contribution in [3.05, 3.63) is 41.1 Å². The predicted octanol–water partition coefficient (Wildman–Crippen LogP) is 4.26. The summed E-state index contributed by atoms with van der Waals surface area (Å²) in [5.41, 5.74) is 2.00. The maximum Gasteiger partial charge on any atom is 0.338 e. The van der Waals surface area contributed by atoms with Gasteiger partial charge in [-0.05, 0) is 36.8 Å². The molecule has 0 saturated heterocycles. The lowest BCUT2D eigenvalue weighted by Gasteiger charge is -2.28. The summed E-state index contributed by atoms with van der Waals surface area (Å²) in [6.45, 7) is 6.90. The van der Waals surface area contributed by atoms with E-state index in [1.165, 1.54) is 25.7 Å². The number of unbranched alkanes of at least 4 members (excludes halogenated alkanes) is 5. The smallest absolute Gasteiger partial charge is 0.338 e. The highest BCUT2D eigenvalue weighted by Gasteiger charge is 2.36. The second-order valence-electron chi connectivity index (χ2n) is 7.39. The van der Waals surface area contributed by atoms with E-state index in [2.05, 4.69) is 27.8 Å². The van der Waals surface area contributed by atoms with E-state index in [1.54, 1.807) is 4.68 Å². The Morgan fingerprint density at radius 1 is 1.13 bits per heavy atom. The summed E-state index contributed by atoms with van der Waals surface area (Å²) in [6, 6.07) is 7.12. The highest BCUT2D eigenvalue weighted by atomic mass is 16.5. The van der Waals surface area contributed by atoms with Crippen LogP contribution in [0.25, 0.3) is 0 Å². The van der Waals surface area contributed by atoms with Crippen molar-refractivity contribution in [2.24, 2.45) is 0 Å². The molecule has 8 heteroatoms. The minimum Gasteiger partial charge on any atom is -0.494 e. The molecule has 2 heterocycles. The Hall–Kier alpha value is -2.90. The summed E-state index contributed by atoms with van der Waals surface area (Å²) in [4.78, 5) is 13.1. The van der Waals surface area contributed by atoms with Crippen molar-refractivity contribution in [1.82, 2.24) is 20.2 Å². The zero-order valence-electron chi connectivity index (χ0n) is 18.1. The second-order valence-corrected chi connectivity index (χ2v) is 7.39. The number of hydrogen-bond acceptors (Lipinski definition) is 7. The number of nitrogens with zero attached hydrogens (tertiary/aromatic N) is 4. The molecule has 1 aliphatic heterocycles. The van der Waals surface area contributed by atoms with Gasteiger partial charge in [0.25, 0.3) is 0 Å². The van der Waals surface area contributed by atoms with Crippen molar-refractivity contribution >= 4 is 11.9 Å². The van der Waals surface area contributed by atoms with Gasteiger partial charge >= 0.3 is 5.97 Å². The number of tetrazole rings is 1. The molecule has 3 rings (SSSR count). The van der Waals surface area contributed by atoms with Gasteiger partial charge in [0.05, 0.1) is 18.8 Å². The topological polar surface area (TPSA) is 91.2 Å². The second kappa shape index (κ2) is 10.8. The Labute approximate surface area is 177 Å². The van der Waals surface area contributed by atoms with Gasteiger partial charge in [-0.3, -0.25) is 0 Å². The van der Waals surface area contributed by atoms with Gasteiger partial charge in [0.15, 0.2) is 0 Å². The molecule has 2 aromatic rings. The summed E-state index contributed by atoms with van der Waals surface area (Å²) >= 11 is 0. The summed E-state index contributed by atoms with van der Waals surface area (Å²) < 4.78 is 13.1. The van der Waals surface area contributed by atoms with Crippen LogP contribution in [0, 0.1) is 0 Å². The third kappa shape index (κ3) is 4.98. The van der Waals surface area contributed by atoms with Crippen molar-refractivity contribution in [3.8, 4) is 5.75 Å². The molecule has 0 radical (unpaired) electrons. The van der Waals surface area contributed by atoms with Gasteiger partial charge in [-0.25, -0.2) is 4.79 Å². The average Bonchev–Trinajstić information content (AvgIpc) is 3.20. The Morgan fingerprint density at radius 3 is 2.70 bits per heavy atom. The quantitative estimate of drug-likeness (QED) is 0.434. The molecule has 0 aliphatic carbocycles. The van der Waals surface area contributed by atoms with Gasteiger partial charge < -0.3 is 14.8 Å². The fourth-order valence-electron chi connectivity index (χ4n) is 3.68. The van der Waals surface area contributed by atoms with Crippen LogP contribution in [0.1, 0.15) is 70.9 Å². The first-order valence-electron chi connectivity index (χ1n) is 10.8. The van der Waals surface area contributed by atoms with Crippen molar-refractivity contribution in [3.63, 3.8) is 0 Å². The van der Waals surface area contributed by atoms with E-state index in [0.29, 0.717) is 36.2 Å². The molecule has 1 N–H and O–H groups in total. The van der Waals surface area contributed by atoms with Gasteiger partial charge in [0.1, 0.15) is 11.8 Å². The number of fused-ring (bicyclic) bond motifs is 1. The summed E-state index contributed by atoms with van der Waals surface area (Å²) in [5.74, 6) is 0.824. The molecule has 0 saturated carbocycles. The molecule has 1 aliphatic rings. The number of nitrogens with one attached hydrogen (secondary N) is 1. The average molecular weight is 414 g/mol. The van der Waals surface area contributed by atoms with E-state index in [1.807, 2.05) is 38.1 Å². The molecule has 1 atom stereocenters. The van der Waals surface area contributed by atoms with Gasteiger partial charge in [-0.15, -0.1) is 0 Å². The molecule has 1 aromatic heterocycles. The molecule has 30 heavy (non-hydrogen) atoms. The molecule has 0 spiro atoms. The van der Waals surface area contributed by atoms with E-state index in [0.717, 1.165) is 18.4 Å². The Balaban J connectivity index is 1.79. The minimum atomic E-state index is -0.518. The van der Waals surface area contributed by atoms with Gasteiger partial charge in [0, 0.05) is 11.3 Å². The number of hydrogen-bond donors (Lipinski definition) is 1. The van der Waals surface area contributed by atoms with Crippen LogP contribution in [-0.4, -0.2) is 39.4 Å². The van der Waals surface area contributed by atoms with Crippen LogP contribution >= 0.6 is 0 Å².